The topological polar surface area (TPSA) is 129 Å². The van der Waals surface area contributed by atoms with Crippen LogP contribution in [-0.4, -0.2) is 88.8 Å². The first kappa shape index (κ1) is 36.7. The first-order valence-corrected chi connectivity index (χ1v) is 16.2. The van der Waals surface area contributed by atoms with Crippen molar-refractivity contribution in [3.8, 4) is 0 Å². The van der Waals surface area contributed by atoms with Gasteiger partial charge in [-0.2, -0.15) is 0 Å². The standard InChI is InChI=1S/C31H62O8/c1-2-3-4-5-6-7-8-9-10-11-12-13-14-15-16-17-18-19-20-21-22-37-24-26(33)25-38-30-29(35)28(34)27(23-32)39-31(30)36/h26-36H,2-25H2,1H3/t26?,27-,28+,29+,30-,31-/m1/s1. The minimum atomic E-state index is -1.50. The number of aliphatic hydroxyl groups is 5. The number of hydrogen-bond donors (Lipinski definition) is 5. The van der Waals surface area contributed by atoms with Gasteiger partial charge in [-0.05, 0) is 6.42 Å². The number of ether oxygens (including phenoxy) is 3. The highest BCUT2D eigenvalue weighted by atomic mass is 16.7. The second kappa shape index (κ2) is 25.4. The first-order chi connectivity index (χ1) is 19.0. The summed E-state index contributed by atoms with van der Waals surface area (Å²) in [5.74, 6) is 0. The molecule has 0 amide bonds. The zero-order valence-electron chi connectivity index (χ0n) is 24.9. The van der Waals surface area contributed by atoms with Gasteiger partial charge < -0.3 is 39.7 Å². The molecular formula is C31H62O8. The zero-order valence-corrected chi connectivity index (χ0v) is 24.9. The second-order valence-electron chi connectivity index (χ2n) is 11.5. The van der Waals surface area contributed by atoms with E-state index in [4.69, 9.17) is 19.3 Å². The summed E-state index contributed by atoms with van der Waals surface area (Å²) in [6.45, 7) is 2.25. The van der Waals surface area contributed by atoms with Crippen LogP contribution in [0.25, 0.3) is 0 Å². The molecule has 0 aliphatic carbocycles. The van der Waals surface area contributed by atoms with Crippen LogP contribution in [0.5, 0.6) is 0 Å². The summed E-state index contributed by atoms with van der Waals surface area (Å²) in [5.41, 5.74) is 0. The van der Waals surface area contributed by atoms with Crippen molar-refractivity contribution in [3.63, 3.8) is 0 Å². The predicted molar refractivity (Wildman–Crippen MR) is 155 cm³/mol. The SMILES string of the molecule is CCCCCCCCCCCCCCCCCCCCCCOCC(O)CO[C@@H]1[C@@H](O)[C@@H](O)[C@@H](CO)O[C@H]1O. The maximum absolute atomic E-state index is 10.0. The summed E-state index contributed by atoms with van der Waals surface area (Å²) >= 11 is 0. The number of aliphatic hydroxyl groups excluding tert-OH is 5. The van der Waals surface area contributed by atoms with E-state index < -0.39 is 43.4 Å². The summed E-state index contributed by atoms with van der Waals surface area (Å²) in [7, 11) is 0. The third-order valence-electron chi connectivity index (χ3n) is 7.78. The van der Waals surface area contributed by atoms with Gasteiger partial charge in [-0.15, -0.1) is 0 Å². The molecule has 0 aromatic heterocycles. The van der Waals surface area contributed by atoms with Crippen LogP contribution in [0.15, 0.2) is 0 Å². The Labute approximate surface area is 238 Å². The predicted octanol–water partition coefficient (Wildman–Crippen LogP) is 5.00. The summed E-state index contributed by atoms with van der Waals surface area (Å²) < 4.78 is 15.9. The van der Waals surface area contributed by atoms with Crippen LogP contribution in [0.2, 0.25) is 0 Å². The Morgan fingerprint density at radius 1 is 0.615 bits per heavy atom. The molecule has 6 atom stereocenters. The van der Waals surface area contributed by atoms with Crippen molar-refractivity contribution in [1.82, 2.24) is 0 Å². The van der Waals surface area contributed by atoms with Crippen LogP contribution >= 0.6 is 0 Å². The maximum Gasteiger partial charge on any atom is 0.184 e. The van der Waals surface area contributed by atoms with Gasteiger partial charge in [-0.1, -0.05) is 129 Å². The minimum absolute atomic E-state index is 0.0979. The molecule has 1 rings (SSSR count). The van der Waals surface area contributed by atoms with Gasteiger partial charge in [0.25, 0.3) is 0 Å². The van der Waals surface area contributed by atoms with E-state index in [1.54, 1.807) is 0 Å². The van der Waals surface area contributed by atoms with E-state index in [1.165, 1.54) is 116 Å². The molecule has 0 aromatic rings. The molecule has 8 nitrogen and oxygen atoms in total. The quantitative estimate of drug-likeness (QED) is 0.0885. The van der Waals surface area contributed by atoms with Crippen molar-refractivity contribution < 1.29 is 39.7 Å². The lowest BCUT2D eigenvalue weighted by molar-refractivity contribution is -0.299. The summed E-state index contributed by atoms with van der Waals surface area (Å²) in [4.78, 5) is 0. The van der Waals surface area contributed by atoms with Crippen LogP contribution in [0, 0.1) is 0 Å². The molecule has 0 spiro atoms. The lowest BCUT2D eigenvalue weighted by Gasteiger charge is -2.40. The summed E-state index contributed by atoms with van der Waals surface area (Å²) in [6.07, 6.45) is 19.4. The van der Waals surface area contributed by atoms with E-state index in [1.807, 2.05) is 0 Å². The third-order valence-corrected chi connectivity index (χ3v) is 7.78. The van der Waals surface area contributed by atoms with Crippen molar-refractivity contribution in [2.45, 2.75) is 172 Å². The Bertz CT molecular complexity index is 523. The van der Waals surface area contributed by atoms with E-state index in [0.29, 0.717) is 6.61 Å². The molecule has 1 heterocycles. The number of hydrogen-bond acceptors (Lipinski definition) is 8. The van der Waals surface area contributed by atoms with E-state index in [2.05, 4.69) is 6.92 Å². The Hall–Kier alpha value is -0.320. The van der Waals surface area contributed by atoms with Gasteiger partial charge in [0.05, 0.1) is 19.8 Å². The lowest BCUT2D eigenvalue weighted by Crippen LogP contribution is -2.59. The minimum Gasteiger partial charge on any atom is -0.394 e. The average Bonchev–Trinajstić information content (AvgIpc) is 2.93. The zero-order chi connectivity index (χ0) is 28.6. The van der Waals surface area contributed by atoms with E-state index in [0.717, 1.165) is 12.8 Å². The molecule has 8 heteroatoms. The smallest absolute Gasteiger partial charge is 0.184 e. The largest absolute Gasteiger partial charge is 0.394 e. The molecule has 39 heavy (non-hydrogen) atoms. The average molecular weight is 563 g/mol. The van der Waals surface area contributed by atoms with Gasteiger partial charge in [0, 0.05) is 6.61 Å². The molecule has 234 valence electrons. The highest BCUT2D eigenvalue weighted by molar-refractivity contribution is 4.89. The van der Waals surface area contributed by atoms with Crippen LogP contribution in [-0.2, 0) is 14.2 Å². The fraction of sp³-hybridized carbons (Fsp3) is 1.00. The molecule has 5 N–H and O–H groups in total. The van der Waals surface area contributed by atoms with E-state index in [-0.39, 0.29) is 13.2 Å². The second-order valence-corrected chi connectivity index (χ2v) is 11.5. The van der Waals surface area contributed by atoms with Crippen molar-refractivity contribution >= 4 is 0 Å². The van der Waals surface area contributed by atoms with Crippen LogP contribution < -0.4 is 0 Å². The fourth-order valence-electron chi connectivity index (χ4n) is 5.20. The Morgan fingerprint density at radius 3 is 1.49 bits per heavy atom. The van der Waals surface area contributed by atoms with Gasteiger partial charge in [0.15, 0.2) is 6.29 Å². The number of unbranched alkanes of at least 4 members (excludes halogenated alkanes) is 19. The van der Waals surface area contributed by atoms with Crippen molar-refractivity contribution in [1.29, 1.82) is 0 Å². The molecule has 1 aliphatic heterocycles. The molecule has 1 aliphatic rings. The molecule has 1 unspecified atom stereocenters. The van der Waals surface area contributed by atoms with Crippen LogP contribution in [0.1, 0.15) is 135 Å². The Morgan fingerprint density at radius 2 is 1.05 bits per heavy atom. The third kappa shape index (κ3) is 18.7. The summed E-state index contributed by atoms with van der Waals surface area (Å²) in [5, 5.41) is 48.9. The number of rotatable bonds is 27. The molecule has 0 aromatic carbocycles. The molecule has 0 saturated carbocycles. The summed E-state index contributed by atoms with van der Waals surface area (Å²) in [6, 6.07) is 0. The fourth-order valence-corrected chi connectivity index (χ4v) is 5.20. The van der Waals surface area contributed by atoms with E-state index >= 15 is 0 Å². The molecular weight excluding hydrogens is 500 g/mol. The lowest BCUT2D eigenvalue weighted by atomic mass is 9.99. The molecule has 0 radical (unpaired) electrons. The van der Waals surface area contributed by atoms with Crippen LogP contribution in [0.4, 0.5) is 0 Å². The molecule has 1 saturated heterocycles. The normalized spacial score (nSPS) is 24.3. The first-order valence-electron chi connectivity index (χ1n) is 16.2. The van der Waals surface area contributed by atoms with Gasteiger partial charge in [-0.3, -0.25) is 0 Å². The van der Waals surface area contributed by atoms with Gasteiger partial charge in [0.2, 0.25) is 0 Å². The maximum atomic E-state index is 10.0. The monoisotopic (exact) mass is 562 g/mol. The van der Waals surface area contributed by atoms with Crippen molar-refractivity contribution in [3.05, 3.63) is 0 Å². The van der Waals surface area contributed by atoms with Gasteiger partial charge in [-0.25, -0.2) is 0 Å². The molecule has 1 fully saturated rings. The highest BCUT2D eigenvalue weighted by Crippen LogP contribution is 2.22. The Balaban J connectivity index is 1.80. The van der Waals surface area contributed by atoms with E-state index in [9.17, 15) is 20.4 Å². The highest BCUT2D eigenvalue weighted by Gasteiger charge is 2.44. The Kier molecular flexibility index (Phi) is 23.9. The van der Waals surface area contributed by atoms with Crippen LogP contribution in [0.3, 0.4) is 0 Å². The molecule has 0 bridgehead atoms. The van der Waals surface area contributed by atoms with Crippen molar-refractivity contribution in [2.75, 3.05) is 26.4 Å². The van der Waals surface area contributed by atoms with Crippen molar-refractivity contribution in [2.24, 2.45) is 0 Å². The van der Waals surface area contributed by atoms with Gasteiger partial charge in [0.1, 0.15) is 30.5 Å². The van der Waals surface area contributed by atoms with Gasteiger partial charge >= 0.3 is 0 Å².